The molecule has 0 saturated heterocycles. The standard InChI is InChI=1S/C12H20N2O2/c1-5-6-11-13-7-8-14(11)10(3)9(2)12(15)16-4/h7-10H,5-6H2,1-4H3. The highest BCUT2D eigenvalue weighted by Gasteiger charge is 2.23. The normalized spacial score (nSPS) is 14.5. The summed E-state index contributed by atoms with van der Waals surface area (Å²) in [6, 6.07) is 0.0801. The van der Waals surface area contributed by atoms with Gasteiger partial charge in [0.15, 0.2) is 0 Å². The smallest absolute Gasteiger partial charge is 0.310 e. The van der Waals surface area contributed by atoms with E-state index in [1.165, 1.54) is 7.11 Å². The zero-order chi connectivity index (χ0) is 12.1. The number of carbonyl (C=O) groups is 1. The fourth-order valence-corrected chi connectivity index (χ4v) is 1.76. The first-order chi connectivity index (χ1) is 7.61. The molecule has 4 heteroatoms. The second-order valence-electron chi connectivity index (χ2n) is 4.05. The summed E-state index contributed by atoms with van der Waals surface area (Å²) in [4.78, 5) is 15.8. The van der Waals surface area contributed by atoms with Crippen LogP contribution >= 0.6 is 0 Å². The van der Waals surface area contributed by atoms with E-state index in [4.69, 9.17) is 4.74 Å². The Bertz CT molecular complexity index is 347. The summed E-state index contributed by atoms with van der Waals surface area (Å²) in [7, 11) is 1.42. The van der Waals surface area contributed by atoms with Crippen LogP contribution in [0.1, 0.15) is 39.1 Å². The Morgan fingerprint density at radius 3 is 2.81 bits per heavy atom. The summed E-state index contributed by atoms with van der Waals surface area (Å²) < 4.78 is 6.82. The van der Waals surface area contributed by atoms with E-state index in [9.17, 15) is 4.79 Å². The first kappa shape index (κ1) is 12.7. The third-order valence-electron chi connectivity index (χ3n) is 2.96. The maximum absolute atomic E-state index is 11.5. The number of rotatable bonds is 5. The molecule has 0 radical (unpaired) electrons. The zero-order valence-corrected chi connectivity index (χ0v) is 10.4. The van der Waals surface area contributed by atoms with Gasteiger partial charge in [0.2, 0.25) is 0 Å². The van der Waals surface area contributed by atoms with Crippen LogP contribution in [0.5, 0.6) is 0 Å². The fourth-order valence-electron chi connectivity index (χ4n) is 1.76. The summed E-state index contributed by atoms with van der Waals surface area (Å²) >= 11 is 0. The van der Waals surface area contributed by atoms with E-state index in [0.29, 0.717) is 0 Å². The molecule has 0 spiro atoms. The fraction of sp³-hybridized carbons (Fsp3) is 0.667. The van der Waals surface area contributed by atoms with Crippen LogP contribution in [0.2, 0.25) is 0 Å². The van der Waals surface area contributed by atoms with Crippen LogP contribution in [0.3, 0.4) is 0 Å². The second-order valence-corrected chi connectivity index (χ2v) is 4.05. The lowest BCUT2D eigenvalue weighted by Crippen LogP contribution is -2.24. The van der Waals surface area contributed by atoms with Crippen LogP contribution in [0.25, 0.3) is 0 Å². The molecule has 1 aromatic heterocycles. The predicted octanol–water partition coefficient (Wildman–Crippen LogP) is 2.21. The van der Waals surface area contributed by atoms with Crippen molar-refractivity contribution in [3.05, 3.63) is 18.2 Å². The lowest BCUT2D eigenvalue weighted by atomic mass is 10.0. The van der Waals surface area contributed by atoms with Gasteiger partial charge in [-0.1, -0.05) is 6.92 Å². The molecule has 0 aromatic carbocycles. The van der Waals surface area contributed by atoms with E-state index < -0.39 is 0 Å². The number of hydrogen-bond acceptors (Lipinski definition) is 3. The van der Waals surface area contributed by atoms with Crippen molar-refractivity contribution in [2.75, 3.05) is 7.11 Å². The van der Waals surface area contributed by atoms with E-state index in [2.05, 4.69) is 16.5 Å². The Hall–Kier alpha value is -1.32. The summed E-state index contributed by atoms with van der Waals surface area (Å²) in [6.07, 6.45) is 5.70. The maximum atomic E-state index is 11.5. The average molecular weight is 224 g/mol. The van der Waals surface area contributed by atoms with Gasteiger partial charge in [0.25, 0.3) is 0 Å². The van der Waals surface area contributed by atoms with Crippen LogP contribution in [-0.4, -0.2) is 22.6 Å². The Balaban J connectivity index is 2.82. The van der Waals surface area contributed by atoms with Gasteiger partial charge in [-0.05, 0) is 20.3 Å². The van der Waals surface area contributed by atoms with Gasteiger partial charge in [-0.2, -0.15) is 0 Å². The topological polar surface area (TPSA) is 44.1 Å². The van der Waals surface area contributed by atoms with Gasteiger partial charge >= 0.3 is 5.97 Å². The molecular formula is C12H20N2O2. The van der Waals surface area contributed by atoms with Crippen LogP contribution in [-0.2, 0) is 16.0 Å². The van der Waals surface area contributed by atoms with Crippen LogP contribution < -0.4 is 0 Å². The van der Waals surface area contributed by atoms with Gasteiger partial charge in [-0.15, -0.1) is 0 Å². The van der Waals surface area contributed by atoms with E-state index in [1.807, 2.05) is 20.0 Å². The van der Waals surface area contributed by atoms with Crippen LogP contribution in [0.15, 0.2) is 12.4 Å². The number of nitrogens with zero attached hydrogens (tertiary/aromatic N) is 2. The monoisotopic (exact) mass is 224 g/mol. The van der Waals surface area contributed by atoms with Gasteiger partial charge in [-0.25, -0.2) is 4.98 Å². The van der Waals surface area contributed by atoms with Crippen molar-refractivity contribution in [2.24, 2.45) is 5.92 Å². The first-order valence-electron chi connectivity index (χ1n) is 5.71. The average Bonchev–Trinajstić information content (AvgIpc) is 2.74. The molecule has 90 valence electrons. The molecule has 2 unspecified atom stereocenters. The molecule has 1 rings (SSSR count). The third-order valence-corrected chi connectivity index (χ3v) is 2.96. The number of imidazole rings is 1. The van der Waals surface area contributed by atoms with Crippen molar-refractivity contribution in [2.45, 2.75) is 39.7 Å². The van der Waals surface area contributed by atoms with Crippen LogP contribution in [0, 0.1) is 5.92 Å². The third kappa shape index (κ3) is 2.62. The van der Waals surface area contributed by atoms with Crippen molar-refractivity contribution in [1.29, 1.82) is 0 Å². The second kappa shape index (κ2) is 5.68. The lowest BCUT2D eigenvalue weighted by Gasteiger charge is -2.21. The quantitative estimate of drug-likeness (QED) is 0.720. The van der Waals surface area contributed by atoms with Crippen LogP contribution in [0.4, 0.5) is 0 Å². The van der Waals surface area contributed by atoms with Crippen molar-refractivity contribution >= 4 is 5.97 Å². The van der Waals surface area contributed by atoms with Gasteiger partial charge in [-0.3, -0.25) is 4.79 Å². The molecule has 0 bridgehead atoms. The van der Waals surface area contributed by atoms with Crippen molar-refractivity contribution in [3.8, 4) is 0 Å². The Morgan fingerprint density at radius 1 is 1.56 bits per heavy atom. The number of ether oxygens (including phenoxy) is 1. The number of methoxy groups -OCH3 is 1. The highest BCUT2D eigenvalue weighted by molar-refractivity contribution is 5.72. The molecule has 0 aliphatic heterocycles. The van der Waals surface area contributed by atoms with E-state index in [1.54, 1.807) is 6.20 Å². The first-order valence-corrected chi connectivity index (χ1v) is 5.71. The molecule has 0 fully saturated rings. The largest absolute Gasteiger partial charge is 0.469 e. The number of aromatic nitrogens is 2. The van der Waals surface area contributed by atoms with Gasteiger partial charge in [0.05, 0.1) is 13.0 Å². The Labute approximate surface area is 96.6 Å². The summed E-state index contributed by atoms with van der Waals surface area (Å²) in [6.45, 7) is 6.02. The van der Waals surface area contributed by atoms with Crippen molar-refractivity contribution in [3.63, 3.8) is 0 Å². The minimum Gasteiger partial charge on any atom is -0.469 e. The SMILES string of the molecule is CCCc1nccn1C(C)C(C)C(=O)OC. The van der Waals surface area contributed by atoms with Gasteiger partial charge in [0, 0.05) is 24.9 Å². The summed E-state index contributed by atoms with van der Waals surface area (Å²) in [5, 5.41) is 0. The molecule has 2 atom stereocenters. The molecule has 0 amide bonds. The zero-order valence-electron chi connectivity index (χ0n) is 10.4. The van der Waals surface area contributed by atoms with Crippen molar-refractivity contribution in [1.82, 2.24) is 9.55 Å². The van der Waals surface area contributed by atoms with E-state index >= 15 is 0 Å². The molecule has 0 saturated carbocycles. The molecule has 4 nitrogen and oxygen atoms in total. The number of hydrogen-bond donors (Lipinski definition) is 0. The van der Waals surface area contributed by atoms with Crippen molar-refractivity contribution < 1.29 is 9.53 Å². The minimum absolute atomic E-state index is 0.0801. The highest BCUT2D eigenvalue weighted by atomic mass is 16.5. The Morgan fingerprint density at radius 2 is 2.25 bits per heavy atom. The molecule has 1 aromatic rings. The molecular weight excluding hydrogens is 204 g/mol. The molecule has 1 heterocycles. The number of carbonyl (C=O) groups excluding carboxylic acids is 1. The lowest BCUT2D eigenvalue weighted by molar-refractivity contribution is -0.146. The number of aryl methyl sites for hydroxylation is 1. The Kier molecular flexibility index (Phi) is 4.52. The van der Waals surface area contributed by atoms with E-state index in [-0.39, 0.29) is 17.9 Å². The summed E-state index contributed by atoms with van der Waals surface area (Å²) in [5.41, 5.74) is 0. The van der Waals surface area contributed by atoms with Gasteiger partial charge in [0.1, 0.15) is 5.82 Å². The molecule has 0 N–H and O–H groups in total. The molecule has 16 heavy (non-hydrogen) atoms. The summed E-state index contributed by atoms with van der Waals surface area (Å²) in [5.74, 6) is 0.698. The number of esters is 1. The molecule has 0 aliphatic carbocycles. The minimum atomic E-state index is -0.177. The molecule has 0 aliphatic rings. The highest BCUT2D eigenvalue weighted by Crippen LogP contribution is 2.20. The maximum Gasteiger partial charge on any atom is 0.310 e. The van der Waals surface area contributed by atoms with Gasteiger partial charge < -0.3 is 9.30 Å². The predicted molar refractivity (Wildman–Crippen MR) is 62.1 cm³/mol. The van der Waals surface area contributed by atoms with E-state index in [0.717, 1.165) is 18.7 Å².